The van der Waals surface area contributed by atoms with E-state index in [0.717, 1.165) is 11.3 Å². The Morgan fingerprint density at radius 1 is 1.30 bits per heavy atom. The number of anilines is 2. The van der Waals surface area contributed by atoms with Crippen molar-refractivity contribution >= 4 is 23.4 Å². The van der Waals surface area contributed by atoms with Crippen LogP contribution in [0.15, 0.2) is 36.5 Å². The minimum Gasteiger partial charge on any atom is -0.394 e. The maximum Gasteiger partial charge on any atom is 0.365 e. The summed E-state index contributed by atoms with van der Waals surface area (Å²) < 4.78 is 0. The molecular weight excluding hydrogens is 296 g/mol. The highest BCUT2D eigenvalue weighted by Gasteiger charge is 2.41. The third-order valence-corrected chi connectivity index (χ3v) is 3.93. The van der Waals surface area contributed by atoms with Gasteiger partial charge in [-0.05, 0) is 18.6 Å². The van der Waals surface area contributed by atoms with Crippen LogP contribution in [0, 0.1) is 5.41 Å². The highest BCUT2D eigenvalue weighted by Crippen LogP contribution is 2.35. The minimum absolute atomic E-state index is 0.0381. The summed E-state index contributed by atoms with van der Waals surface area (Å²) in [5.41, 5.74) is 6.18. The summed E-state index contributed by atoms with van der Waals surface area (Å²) in [7, 11) is 0. The van der Waals surface area contributed by atoms with Crippen molar-refractivity contribution in [1.82, 2.24) is 9.94 Å². The highest BCUT2D eigenvalue weighted by molar-refractivity contribution is 6.00. The van der Waals surface area contributed by atoms with Crippen molar-refractivity contribution < 1.29 is 14.4 Å². The van der Waals surface area contributed by atoms with Crippen LogP contribution in [0.25, 0.3) is 0 Å². The Morgan fingerprint density at radius 3 is 2.61 bits per heavy atom. The van der Waals surface area contributed by atoms with E-state index in [1.807, 2.05) is 19.9 Å². The molecule has 120 valence electrons. The molecule has 7 nitrogen and oxygen atoms in total. The molecule has 23 heavy (non-hydrogen) atoms. The zero-order valence-electron chi connectivity index (χ0n) is 13.0. The molecule has 0 saturated carbocycles. The summed E-state index contributed by atoms with van der Waals surface area (Å²) in [6, 6.07) is 8.57. The molecular formula is C16H18N4O3. The van der Waals surface area contributed by atoms with Crippen LogP contribution in [0.1, 0.15) is 30.6 Å². The van der Waals surface area contributed by atoms with E-state index in [-0.39, 0.29) is 11.6 Å². The molecule has 2 aromatic rings. The lowest BCUT2D eigenvalue weighted by Crippen LogP contribution is -2.32. The maximum absolute atomic E-state index is 12.3. The van der Waals surface area contributed by atoms with Crippen LogP contribution in [0.2, 0.25) is 0 Å². The van der Waals surface area contributed by atoms with Gasteiger partial charge in [0.2, 0.25) is 5.91 Å². The third-order valence-electron chi connectivity index (χ3n) is 3.93. The summed E-state index contributed by atoms with van der Waals surface area (Å²) in [5.74, 6) is -0.266. The van der Waals surface area contributed by atoms with E-state index in [1.54, 1.807) is 24.3 Å². The number of hydrogen-bond acceptors (Lipinski definition) is 5. The zero-order valence-corrected chi connectivity index (χ0v) is 13.0. The van der Waals surface area contributed by atoms with E-state index in [0.29, 0.717) is 17.9 Å². The van der Waals surface area contributed by atoms with E-state index in [2.05, 4.69) is 5.10 Å². The van der Waals surface area contributed by atoms with Crippen LogP contribution >= 0.6 is 0 Å². The molecule has 0 radical (unpaired) electrons. The van der Waals surface area contributed by atoms with Crippen LogP contribution < -0.4 is 15.5 Å². The van der Waals surface area contributed by atoms with Crippen LogP contribution in [0.3, 0.4) is 0 Å². The molecule has 1 fully saturated rings. The molecule has 3 rings (SSSR count). The monoisotopic (exact) mass is 314 g/mol. The number of benzene rings is 1. The maximum atomic E-state index is 12.3. The average molecular weight is 314 g/mol. The molecule has 0 aliphatic carbocycles. The molecule has 1 saturated heterocycles. The van der Waals surface area contributed by atoms with Crippen LogP contribution in [0.5, 0.6) is 0 Å². The molecule has 0 spiro atoms. The van der Waals surface area contributed by atoms with Gasteiger partial charge in [-0.25, -0.2) is 4.79 Å². The van der Waals surface area contributed by atoms with Crippen LogP contribution in [-0.2, 0) is 4.79 Å². The predicted molar refractivity (Wildman–Crippen MR) is 84.7 cm³/mol. The fourth-order valence-electron chi connectivity index (χ4n) is 2.49. The average Bonchev–Trinajstić information content (AvgIpc) is 3.00. The number of carbonyl (C=O) groups excluding carboxylic acids is 2. The number of amides is 1. The van der Waals surface area contributed by atoms with Crippen LogP contribution in [0.4, 0.5) is 11.5 Å². The first-order valence-electron chi connectivity index (χ1n) is 7.33. The smallest absolute Gasteiger partial charge is 0.365 e. The van der Waals surface area contributed by atoms with Gasteiger partial charge in [-0.2, -0.15) is 0 Å². The largest absolute Gasteiger partial charge is 0.394 e. The Balaban J connectivity index is 1.80. The number of nitrogens with two attached hydrogens (primary N) is 1. The van der Waals surface area contributed by atoms with E-state index in [9.17, 15) is 9.59 Å². The van der Waals surface area contributed by atoms with Gasteiger partial charge < -0.3 is 10.6 Å². The molecule has 1 aromatic carbocycles. The van der Waals surface area contributed by atoms with Crippen molar-refractivity contribution in [2.45, 2.75) is 20.3 Å². The number of carbonyl (C=O) groups is 2. The lowest BCUT2D eigenvalue weighted by molar-refractivity contribution is -0.124. The molecule has 1 aliphatic heterocycles. The highest BCUT2D eigenvalue weighted by atomic mass is 16.7. The van der Waals surface area contributed by atoms with E-state index in [1.165, 1.54) is 11.1 Å². The number of aromatic nitrogens is 2. The molecule has 0 unspecified atom stereocenters. The van der Waals surface area contributed by atoms with Gasteiger partial charge >= 0.3 is 5.97 Å². The molecule has 0 atom stereocenters. The third kappa shape index (κ3) is 2.77. The van der Waals surface area contributed by atoms with Gasteiger partial charge in [0, 0.05) is 12.0 Å². The Hall–Kier alpha value is -2.83. The standard InChI is InChI=1S/C16H18N4O3/c1-16(2)8-9-19(15(16)22)13-12(17)10-20(18-13)23-14(21)11-6-4-3-5-7-11/h3-7,10H,8-9,17H2,1-2H3. The van der Waals surface area contributed by atoms with Gasteiger partial charge in [-0.15, -0.1) is 5.10 Å². The fourth-order valence-corrected chi connectivity index (χ4v) is 2.49. The molecule has 1 amide bonds. The van der Waals surface area contributed by atoms with Crippen molar-refractivity contribution in [1.29, 1.82) is 0 Å². The zero-order chi connectivity index (χ0) is 16.6. The Bertz CT molecular complexity index is 752. The molecule has 7 heteroatoms. The molecule has 0 bridgehead atoms. The van der Waals surface area contributed by atoms with Crippen molar-refractivity contribution in [3.05, 3.63) is 42.1 Å². The topological polar surface area (TPSA) is 90.4 Å². The van der Waals surface area contributed by atoms with E-state index < -0.39 is 11.4 Å². The lowest BCUT2D eigenvalue weighted by atomic mass is 9.92. The number of nitrogen functional groups attached to an aromatic ring is 1. The predicted octanol–water partition coefficient (Wildman–Crippen LogP) is 1.50. The molecule has 1 aliphatic rings. The fraction of sp³-hybridized carbons (Fsp3) is 0.312. The first-order valence-corrected chi connectivity index (χ1v) is 7.33. The van der Waals surface area contributed by atoms with E-state index >= 15 is 0 Å². The van der Waals surface area contributed by atoms with Crippen LogP contribution in [-0.4, -0.2) is 28.4 Å². The normalized spacial score (nSPS) is 16.6. The van der Waals surface area contributed by atoms with Crippen molar-refractivity contribution in [3.8, 4) is 0 Å². The van der Waals surface area contributed by atoms with E-state index in [4.69, 9.17) is 10.6 Å². The van der Waals surface area contributed by atoms with Gasteiger partial charge in [0.05, 0.1) is 17.4 Å². The summed E-state index contributed by atoms with van der Waals surface area (Å²) in [6.07, 6.45) is 2.11. The summed E-state index contributed by atoms with van der Waals surface area (Å²) >= 11 is 0. The second-order valence-electron chi connectivity index (χ2n) is 6.15. The minimum atomic E-state index is -0.548. The van der Waals surface area contributed by atoms with Gasteiger partial charge in [-0.1, -0.05) is 36.9 Å². The first-order chi connectivity index (χ1) is 10.9. The van der Waals surface area contributed by atoms with Crippen molar-refractivity contribution in [2.24, 2.45) is 5.41 Å². The van der Waals surface area contributed by atoms with Gasteiger partial charge in [-0.3, -0.25) is 9.69 Å². The first kappa shape index (κ1) is 15.1. The number of rotatable bonds is 3. The molecule has 1 aromatic heterocycles. The number of hydrogen-bond donors (Lipinski definition) is 1. The van der Waals surface area contributed by atoms with Crippen molar-refractivity contribution in [2.75, 3.05) is 17.2 Å². The number of nitrogens with zero attached hydrogens (tertiary/aromatic N) is 3. The second-order valence-corrected chi connectivity index (χ2v) is 6.15. The van der Waals surface area contributed by atoms with Gasteiger partial charge in [0.1, 0.15) is 0 Å². The summed E-state index contributed by atoms with van der Waals surface area (Å²) in [4.78, 5) is 32.1. The molecule has 2 N–H and O–H groups in total. The second kappa shape index (κ2) is 5.42. The SMILES string of the molecule is CC1(C)CCN(c2nn(OC(=O)c3ccccc3)cc2N)C1=O. The van der Waals surface area contributed by atoms with Gasteiger partial charge in [0.25, 0.3) is 0 Å². The lowest BCUT2D eigenvalue weighted by Gasteiger charge is -2.17. The van der Waals surface area contributed by atoms with Gasteiger partial charge in [0.15, 0.2) is 5.82 Å². The quantitative estimate of drug-likeness (QED) is 0.927. The summed E-state index contributed by atoms with van der Waals surface area (Å²) in [6.45, 7) is 4.32. The Morgan fingerprint density at radius 2 is 2.00 bits per heavy atom. The summed E-state index contributed by atoms with van der Waals surface area (Å²) in [5, 5.41) is 4.13. The van der Waals surface area contributed by atoms with Crippen molar-refractivity contribution in [3.63, 3.8) is 0 Å². The Labute approximate surface area is 133 Å². The Kier molecular flexibility index (Phi) is 3.55. The molecule has 2 heterocycles.